The third-order valence-electron chi connectivity index (χ3n) is 3.22. The van der Waals surface area contributed by atoms with Crippen LogP contribution in [0.15, 0.2) is 12.3 Å². The molecule has 1 aromatic rings. The van der Waals surface area contributed by atoms with Crippen LogP contribution in [0.3, 0.4) is 0 Å². The summed E-state index contributed by atoms with van der Waals surface area (Å²) in [6.45, 7) is 4.29. The summed E-state index contributed by atoms with van der Waals surface area (Å²) in [4.78, 5) is 6.44. The van der Waals surface area contributed by atoms with Gasteiger partial charge in [-0.05, 0) is 37.3 Å². The first-order chi connectivity index (χ1) is 7.70. The van der Waals surface area contributed by atoms with Crippen LogP contribution in [0, 0.1) is 12.8 Å². The number of aromatic nitrogens is 1. The molecular formula is C12H21Cl2N3O. The highest BCUT2D eigenvalue weighted by molar-refractivity contribution is 5.85. The number of pyridine rings is 1. The molecule has 1 saturated heterocycles. The average molecular weight is 294 g/mol. The number of aryl methyl sites for hydroxylation is 1. The second kappa shape index (κ2) is 7.67. The molecule has 6 heteroatoms. The Kier molecular flexibility index (Phi) is 7.36. The fraction of sp³-hybridized carbons (Fsp3) is 0.583. The van der Waals surface area contributed by atoms with Crippen molar-refractivity contribution in [2.45, 2.75) is 19.8 Å². The normalized spacial score (nSPS) is 18.8. The predicted octanol–water partition coefficient (Wildman–Crippen LogP) is 2.02. The molecule has 0 aliphatic carbocycles. The van der Waals surface area contributed by atoms with E-state index in [1.54, 1.807) is 0 Å². The molecule has 104 valence electrons. The monoisotopic (exact) mass is 293 g/mol. The number of nitrogens with zero attached hydrogens (tertiary/aromatic N) is 2. The first-order valence-electron chi connectivity index (χ1n) is 5.78. The molecule has 0 amide bonds. The fourth-order valence-electron chi connectivity index (χ4n) is 2.33. The summed E-state index contributed by atoms with van der Waals surface area (Å²) in [5, 5.41) is 9.21. The SMILES string of the molecule is Cc1cc(N)ncc1N1CCC[C@@H](CO)C1.Cl.Cl. The maximum absolute atomic E-state index is 9.21. The van der Waals surface area contributed by atoms with Gasteiger partial charge in [0, 0.05) is 19.7 Å². The molecule has 0 unspecified atom stereocenters. The van der Waals surface area contributed by atoms with Crippen molar-refractivity contribution in [3.63, 3.8) is 0 Å². The van der Waals surface area contributed by atoms with Crippen LogP contribution in [0.25, 0.3) is 0 Å². The highest BCUT2D eigenvalue weighted by Crippen LogP contribution is 2.25. The standard InChI is InChI=1S/C12H19N3O.2ClH/c1-9-5-12(13)14-6-11(9)15-4-2-3-10(7-15)8-16;;/h5-6,10,16H,2-4,7-8H2,1H3,(H2,13,14);2*1H/t10-;;/m1../s1. The van der Waals surface area contributed by atoms with E-state index in [0.717, 1.165) is 37.2 Å². The minimum atomic E-state index is 0. The summed E-state index contributed by atoms with van der Waals surface area (Å²) < 4.78 is 0. The number of nitrogen functional groups attached to an aromatic ring is 1. The van der Waals surface area contributed by atoms with Gasteiger partial charge in [0.15, 0.2) is 0 Å². The van der Waals surface area contributed by atoms with Crippen LogP contribution in [0.2, 0.25) is 0 Å². The number of piperidine rings is 1. The van der Waals surface area contributed by atoms with E-state index in [4.69, 9.17) is 5.73 Å². The zero-order chi connectivity index (χ0) is 11.5. The van der Waals surface area contributed by atoms with E-state index in [1.807, 2.05) is 12.3 Å². The molecule has 4 nitrogen and oxygen atoms in total. The Morgan fingerprint density at radius 3 is 2.83 bits per heavy atom. The zero-order valence-corrected chi connectivity index (χ0v) is 12.1. The van der Waals surface area contributed by atoms with E-state index in [1.165, 1.54) is 0 Å². The number of hydrogen-bond donors (Lipinski definition) is 2. The maximum atomic E-state index is 9.21. The minimum absolute atomic E-state index is 0. The number of hydrogen-bond acceptors (Lipinski definition) is 4. The Labute approximate surface area is 120 Å². The molecule has 1 aliphatic heterocycles. The molecule has 18 heavy (non-hydrogen) atoms. The number of rotatable bonds is 2. The summed E-state index contributed by atoms with van der Waals surface area (Å²) in [6.07, 6.45) is 4.09. The molecule has 0 aromatic carbocycles. The van der Waals surface area contributed by atoms with Crippen molar-refractivity contribution in [1.29, 1.82) is 0 Å². The smallest absolute Gasteiger partial charge is 0.123 e. The molecule has 2 heterocycles. The molecule has 3 N–H and O–H groups in total. The van der Waals surface area contributed by atoms with Crippen LogP contribution in [0.1, 0.15) is 18.4 Å². The van der Waals surface area contributed by atoms with Gasteiger partial charge in [0.25, 0.3) is 0 Å². The van der Waals surface area contributed by atoms with Crippen LogP contribution in [-0.4, -0.2) is 29.8 Å². The van der Waals surface area contributed by atoms with Crippen molar-refractivity contribution in [2.75, 3.05) is 30.3 Å². The lowest BCUT2D eigenvalue weighted by atomic mass is 9.98. The molecule has 1 aromatic heterocycles. The molecule has 1 fully saturated rings. The molecule has 1 aliphatic rings. The number of aliphatic hydroxyl groups is 1. The van der Waals surface area contributed by atoms with Crippen LogP contribution >= 0.6 is 24.8 Å². The lowest BCUT2D eigenvalue weighted by molar-refractivity contribution is 0.208. The first kappa shape index (κ1) is 17.3. The summed E-state index contributed by atoms with van der Waals surface area (Å²) in [6, 6.07) is 1.90. The zero-order valence-electron chi connectivity index (χ0n) is 10.5. The van der Waals surface area contributed by atoms with Gasteiger partial charge in [0.05, 0.1) is 11.9 Å². The second-order valence-corrected chi connectivity index (χ2v) is 4.53. The van der Waals surface area contributed by atoms with Gasteiger partial charge in [-0.3, -0.25) is 0 Å². The molecule has 1 atom stereocenters. The summed E-state index contributed by atoms with van der Waals surface area (Å²) in [5.41, 5.74) is 7.94. The Morgan fingerprint density at radius 2 is 2.22 bits per heavy atom. The number of anilines is 2. The minimum Gasteiger partial charge on any atom is -0.396 e. The van der Waals surface area contributed by atoms with Crippen molar-refractivity contribution >= 4 is 36.3 Å². The Balaban J connectivity index is 0.00000144. The van der Waals surface area contributed by atoms with Gasteiger partial charge in [-0.25, -0.2) is 4.98 Å². The third kappa shape index (κ3) is 3.90. The number of nitrogens with two attached hydrogens (primary N) is 1. The molecule has 0 bridgehead atoms. The van der Waals surface area contributed by atoms with E-state index in [-0.39, 0.29) is 31.4 Å². The van der Waals surface area contributed by atoms with Gasteiger partial charge in [-0.15, -0.1) is 24.8 Å². The summed E-state index contributed by atoms with van der Waals surface area (Å²) >= 11 is 0. The lowest BCUT2D eigenvalue weighted by Gasteiger charge is -2.34. The Hall–Kier alpha value is -0.710. The van der Waals surface area contributed by atoms with Gasteiger partial charge >= 0.3 is 0 Å². The van der Waals surface area contributed by atoms with Crippen LogP contribution < -0.4 is 10.6 Å². The average Bonchev–Trinajstić information content (AvgIpc) is 2.29. The molecule has 2 rings (SSSR count). The topological polar surface area (TPSA) is 62.4 Å². The maximum Gasteiger partial charge on any atom is 0.123 e. The van der Waals surface area contributed by atoms with E-state index in [2.05, 4.69) is 16.8 Å². The third-order valence-corrected chi connectivity index (χ3v) is 3.22. The Bertz CT molecular complexity index is 376. The van der Waals surface area contributed by atoms with Crippen LogP contribution in [-0.2, 0) is 0 Å². The van der Waals surface area contributed by atoms with Crippen molar-refractivity contribution < 1.29 is 5.11 Å². The molecular weight excluding hydrogens is 273 g/mol. The van der Waals surface area contributed by atoms with Crippen LogP contribution in [0.4, 0.5) is 11.5 Å². The van der Waals surface area contributed by atoms with E-state index in [9.17, 15) is 5.11 Å². The van der Waals surface area contributed by atoms with E-state index in [0.29, 0.717) is 11.7 Å². The van der Waals surface area contributed by atoms with Gasteiger partial charge < -0.3 is 15.7 Å². The highest BCUT2D eigenvalue weighted by atomic mass is 35.5. The largest absolute Gasteiger partial charge is 0.396 e. The van der Waals surface area contributed by atoms with Crippen LogP contribution in [0.5, 0.6) is 0 Å². The first-order valence-corrected chi connectivity index (χ1v) is 5.78. The van der Waals surface area contributed by atoms with Gasteiger partial charge in [0.1, 0.15) is 5.82 Å². The van der Waals surface area contributed by atoms with Crippen molar-refractivity contribution in [3.8, 4) is 0 Å². The predicted molar refractivity (Wildman–Crippen MR) is 79.9 cm³/mol. The Morgan fingerprint density at radius 1 is 1.50 bits per heavy atom. The van der Waals surface area contributed by atoms with Gasteiger partial charge in [-0.1, -0.05) is 0 Å². The highest BCUT2D eigenvalue weighted by Gasteiger charge is 2.20. The quantitative estimate of drug-likeness (QED) is 0.876. The summed E-state index contributed by atoms with van der Waals surface area (Å²) in [5.74, 6) is 0.961. The fourth-order valence-corrected chi connectivity index (χ4v) is 2.33. The number of aliphatic hydroxyl groups excluding tert-OH is 1. The molecule has 0 saturated carbocycles. The van der Waals surface area contributed by atoms with E-state index < -0.39 is 0 Å². The number of halogens is 2. The molecule has 0 spiro atoms. The lowest BCUT2D eigenvalue weighted by Crippen LogP contribution is -2.37. The summed E-state index contributed by atoms with van der Waals surface area (Å²) in [7, 11) is 0. The van der Waals surface area contributed by atoms with Gasteiger partial charge in [0.2, 0.25) is 0 Å². The van der Waals surface area contributed by atoms with Crippen molar-refractivity contribution in [1.82, 2.24) is 4.98 Å². The van der Waals surface area contributed by atoms with Crippen molar-refractivity contribution in [3.05, 3.63) is 17.8 Å². The van der Waals surface area contributed by atoms with Crippen molar-refractivity contribution in [2.24, 2.45) is 5.92 Å². The van der Waals surface area contributed by atoms with E-state index >= 15 is 0 Å². The second-order valence-electron chi connectivity index (χ2n) is 4.53. The molecule has 0 radical (unpaired) electrons. The van der Waals surface area contributed by atoms with Gasteiger partial charge in [-0.2, -0.15) is 0 Å².